The van der Waals surface area contributed by atoms with E-state index in [1.807, 2.05) is 6.92 Å². The Morgan fingerprint density at radius 2 is 2.35 bits per heavy atom. The lowest BCUT2D eigenvalue weighted by atomic mass is 10.0. The van der Waals surface area contributed by atoms with Gasteiger partial charge in [-0.25, -0.2) is 0 Å². The van der Waals surface area contributed by atoms with Crippen LogP contribution in [0.2, 0.25) is 0 Å². The SMILES string of the molecule is CC1(Nc2cnn(CC(F)(F)F)c2)CCOC1. The lowest BCUT2D eigenvalue weighted by Gasteiger charge is -2.23. The molecule has 1 fully saturated rings. The topological polar surface area (TPSA) is 39.1 Å². The van der Waals surface area contributed by atoms with E-state index in [9.17, 15) is 13.2 Å². The second-order valence-electron chi connectivity index (χ2n) is 4.53. The molecule has 1 saturated heterocycles. The van der Waals surface area contributed by atoms with Crippen LogP contribution in [0.25, 0.3) is 0 Å². The highest BCUT2D eigenvalue weighted by atomic mass is 19.4. The third-order valence-corrected chi connectivity index (χ3v) is 2.64. The molecule has 0 radical (unpaired) electrons. The molecule has 1 aromatic rings. The normalized spacial score (nSPS) is 25.2. The van der Waals surface area contributed by atoms with Crippen molar-refractivity contribution in [3.8, 4) is 0 Å². The van der Waals surface area contributed by atoms with Gasteiger partial charge in [0.1, 0.15) is 6.54 Å². The van der Waals surface area contributed by atoms with Gasteiger partial charge in [0.25, 0.3) is 0 Å². The molecule has 96 valence electrons. The van der Waals surface area contributed by atoms with E-state index in [0.29, 0.717) is 18.9 Å². The van der Waals surface area contributed by atoms with Crippen LogP contribution in [0.3, 0.4) is 0 Å². The van der Waals surface area contributed by atoms with Gasteiger partial charge in [-0.3, -0.25) is 4.68 Å². The van der Waals surface area contributed by atoms with E-state index >= 15 is 0 Å². The van der Waals surface area contributed by atoms with Crippen molar-refractivity contribution in [1.82, 2.24) is 9.78 Å². The summed E-state index contributed by atoms with van der Waals surface area (Å²) < 4.78 is 42.5. The lowest BCUT2D eigenvalue weighted by molar-refractivity contribution is -0.142. The summed E-state index contributed by atoms with van der Waals surface area (Å²) >= 11 is 0. The van der Waals surface area contributed by atoms with Gasteiger partial charge in [-0.1, -0.05) is 0 Å². The Morgan fingerprint density at radius 1 is 1.59 bits per heavy atom. The minimum absolute atomic E-state index is 0.216. The number of alkyl halides is 3. The third kappa shape index (κ3) is 3.36. The highest BCUT2D eigenvalue weighted by Crippen LogP contribution is 2.24. The second kappa shape index (κ2) is 4.21. The number of nitrogens with zero attached hydrogens (tertiary/aromatic N) is 2. The molecule has 2 rings (SSSR count). The van der Waals surface area contributed by atoms with E-state index in [0.717, 1.165) is 11.1 Å². The summed E-state index contributed by atoms with van der Waals surface area (Å²) in [6.07, 6.45) is -0.659. The maximum Gasteiger partial charge on any atom is 0.408 e. The summed E-state index contributed by atoms with van der Waals surface area (Å²) in [4.78, 5) is 0. The first-order valence-corrected chi connectivity index (χ1v) is 5.31. The van der Waals surface area contributed by atoms with E-state index in [-0.39, 0.29) is 5.54 Å². The molecule has 1 atom stereocenters. The Labute approximate surface area is 96.7 Å². The van der Waals surface area contributed by atoms with Gasteiger partial charge >= 0.3 is 6.18 Å². The largest absolute Gasteiger partial charge is 0.408 e. The molecule has 0 aliphatic carbocycles. The molecule has 17 heavy (non-hydrogen) atoms. The Bertz CT molecular complexity index is 382. The maximum atomic E-state index is 12.1. The summed E-state index contributed by atoms with van der Waals surface area (Å²) in [5.41, 5.74) is 0.369. The molecular formula is C10H14F3N3O. The number of rotatable bonds is 3. The summed E-state index contributed by atoms with van der Waals surface area (Å²) in [6, 6.07) is 0. The molecular weight excluding hydrogens is 235 g/mol. The molecule has 1 aliphatic rings. The lowest BCUT2D eigenvalue weighted by Crippen LogP contribution is -2.34. The maximum absolute atomic E-state index is 12.1. The first-order chi connectivity index (χ1) is 7.86. The van der Waals surface area contributed by atoms with Crippen LogP contribution in [0.1, 0.15) is 13.3 Å². The average molecular weight is 249 g/mol. The van der Waals surface area contributed by atoms with Crippen LogP contribution in [0.5, 0.6) is 0 Å². The van der Waals surface area contributed by atoms with E-state index in [2.05, 4.69) is 10.4 Å². The summed E-state index contributed by atoms with van der Waals surface area (Å²) in [7, 11) is 0. The average Bonchev–Trinajstić information content (AvgIpc) is 2.74. The number of hydrogen-bond donors (Lipinski definition) is 1. The number of halogens is 3. The molecule has 4 nitrogen and oxygen atoms in total. The second-order valence-corrected chi connectivity index (χ2v) is 4.53. The Kier molecular flexibility index (Phi) is 3.03. The number of aromatic nitrogens is 2. The minimum atomic E-state index is -4.25. The molecule has 1 aromatic heterocycles. The van der Waals surface area contributed by atoms with Crippen molar-refractivity contribution in [3.05, 3.63) is 12.4 Å². The van der Waals surface area contributed by atoms with Crippen LogP contribution in [-0.2, 0) is 11.3 Å². The van der Waals surface area contributed by atoms with Crippen LogP contribution >= 0.6 is 0 Å². The quantitative estimate of drug-likeness (QED) is 0.891. The molecule has 1 aliphatic heterocycles. The first kappa shape index (κ1) is 12.2. The van der Waals surface area contributed by atoms with Gasteiger partial charge in [-0.05, 0) is 13.3 Å². The molecule has 0 saturated carbocycles. The summed E-state index contributed by atoms with van der Waals surface area (Å²) in [6.45, 7) is 2.13. The van der Waals surface area contributed by atoms with Crippen LogP contribution < -0.4 is 5.32 Å². The van der Waals surface area contributed by atoms with E-state index < -0.39 is 12.7 Å². The van der Waals surface area contributed by atoms with Gasteiger partial charge < -0.3 is 10.1 Å². The van der Waals surface area contributed by atoms with Crippen molar-refractivity contribution in [3.63, 3.8) is 0 Å². The van der Waals surface area contributed by atoms with Crippen molar-refractivity contribution in [1.29, 1.82) is 0 Å². The molecule has 0 amide bonds. The third-order valence-electron chi connectivity index (χ3n) is 2.64. The number of nitrogens with one attached hydrogen (secondary N) is 1. The smallest absolute Gasteiger partial charge is 0.379 e. The molecule has 7 heteroatoms. The zero-order valence-electron chi connectivity index (χ0n) is 9.42. The van der Waals surface area contributed by atoms with Gasteiger partial charge in [0.05, 0.1) is 24.0 Å². The van der Waals surface area contributed by atoms with Gasteiger partial charge in [0.15, 0.2) is 0 Å². The van der Waals surface area contributed by atoms with Crippen LogP contribution in [0, 0.1) is 0 Å². The van der Waals surface area contributed by atoms with Crippen LogP contribution in [0.15, 0.2) is 12.4 Å². The molecule has 0 bridgehead atoms. The zero-order valence-corrected chi connectivity index (χ0v) is 9.42. The zero-order chi connectivity index (χ0) is 12.5. The van der Waals surface area contributed by atoms with E-state index in [1.165, 1.54) is 12.4 Å². The predicted molar refractivity (Wildman–Crippen MR) is 55.7 cm³/mol. The number of anilines is 1. The van der Waals surface area contributed by atoms with E-state index in [4.69, 9.17) is 4.74 Å². The first-order valence-electron chi connectivity index (χ1n) is 5.31. The van der Waals surface area contributed by atoms with Crippen LogP contribution in [-0.4, -0.2) is 34.7 Å². The molecule has 0 spiro atoms. The monoisotopic (exact) mass is 249 g/mol. The Hall–Kier alpha value is -1.24. The van der Waals surface area contributed by atoms with Gasteiger partial charge in [0, 0.05) is 12.8 Å². The van der Waals surface area contributed by atoms with Gasteiger partial charge in [-0.2, -0.15) is 18.3 Å². The van der Waals surface area contributed by atoms with Crippen molar-refractivity contribution in [2.45, 2.75) is 31.6 Å². The summed E-state index contributed by atoms with van der Waals surface area (Å²) in [5, 5.41) is 6.82. The molecule has 1 N–H and O–H groups in total. The van der Waals surface area contributed by atoms with Gasteiger partial charge in [-0.15, -0.1) is 0 Å². The van der Waals surface area contributed by atoms with Crippen molar-refractivity contribution < 1.29 is 17.9 Å². The molecule has 0 aromatic carbocycles. The predicted octanol–water partition coefficient (Wildman–Crippen LogP) is 2.04. The minimum Gasteiger partial charge on any atom is -0.379 e. The highest BCUT2D eigenvalue weighted by molar-refractivity contribution is 5.41. The fraction of sp³-hybridized carbons (Fsp3) is 0.700. The number of ether oxygens (including phenoxy) is 1. The van der Waals surface area contributed by atoms with Crippen LogP contribution in [0.4, 0.5) is 18.9 Å². The fourth-order valence-electron chi connectivity index (χ4n) is 1.81. The Balaban J connectivity index is 1.98. The molecule has 2 heterocycles. The van der Waals surface area contributed by atoms with Gasteiger partial charge in [0.2, 0.25) is 0 Å². The highest BCUT2D eigenvalue weighted by Gasteiger charge is 2.31. The van der Waals surface area contributed by atoms with Crippen molar-refractivity contribution >= 4 is 5.69 Å². The number of hydrogen-bond acceptors (Lipinski definition) is 3. The fourth-order valence-corrected chi connectivity index (χ4v) is 1.81. The van der Waals surface area contributed by atoms with Crippen molar-refractivity contribution in [2.24, 2.45) is 0 Å². The van der Waals surface area contributed by atoms with E-state index in [1.54, 1.807) is 0 Å². The Morgan fingerprint density at radius 3 is 2.94 bits per heavy atom. The molecule has 1 unspecified atom stereocenters. The standard InChI is InChI=1S/C10H14F3N3O/c1-9(2-3-17-7-9)15-8-4-14-16(5-8)6-10(11,12)13/h4-5,15H,2-3,6-7H2,1H3. The summed E-state index contributed by atoms with van der Waals surface area (Å²) in [5.74, 6) is 0. The van der Waals surface area contributed by atoms with Crippen molar-refractivity contribution in [2.75, 3.05) is 18.5 Å².